The molecular weight excluding hydrogens is 196 g/mol. The molecule has 1 atom stereocenters. The van der Waals surface area contributed by atoms with Crippen molar-refractivity contribution in [3.8, 4) is 0 Å². The van der Waals surface area contributed by atoms with E-state index in [0.717, 1.165) is 19.6 Å². The first-order valence-electron chi connectivity index (χ1n) is 6.15. The van der Waals surface area contributed by atoms with Crippen LogP contribution in [0.25, 0.3) is 0 Å². The zero-order valence-corrected chi connectivity index (χ0v) is 10.8. The maximum Gasteiger partial charge on any atom is 0.0719 e. The van der Waals surface area contributed by atoms with E-state index in [1.54, 1.807) is 0 Å². The lowest BCUT2D eigenvalue weighted by atomic mass is 9.85. The second-order valence-corrected chi connectivity index (χ2v) is 6.19. The molecule has 0 saturated carbocycles. The van der Waals surface area contributed by atoms with Crippen LogP contribution in [0.5, 0.6) is 0 Å². The smallest absolute Gasteiger partial charge is 0.0719 e. The Balaban J connectivity index is 2.27. The zero-order chi connectivity index (χ0) is 11.8. The Morgan fingerprint density at radius 2 is 2.06 bits per heavy atom. The maximum absolute atomic E-state index is 5.55. The van der Waals surface area contributed by atoms with Crippen molar-refractivity contribution in [2.75, 3.05) is 6.61 Å². The van der Waals surface area contributed by atoms with Gasteiger partial charge in [-0.25, -0.2) is 0 Å². The van der Waals surface area contributed by atoms with Crippen LogP contribution < -0.4 is 0 Å². The van der Waals surface area contributed by atoms with E-state index in [-0.39, 0.29) is 0 Å². The molecule has 0 aromatic heterocycles. The van der Waals surface area contributed by atoms with Gasteiger partial charge in [0.15, 0.2) is 0 Å². The molecule has 2 rings (SSSR count). The molecule has 0 radical (unpaired) electrons. The van der Waals surface area contributed by atoms with Crippen molar-refractivity contribution in [1.82, 2.24) is 0 Å². The van der Waals surface area contributed by atoms with Gasteiger partial charge in [-0.15, -0.1) is 0 Å². The van der Waals surface area contributed by atoms with Crippen LogP contribution >= 0.6 is 0 Å². The van der Waals surface area contributed by atoms with Crippen LogP contribution in [0.4, 0.5) is 0 Å². The van der Waals surface area contributed by atoms with Crippen LogP contribution in [0.15, 0.2) is 18.2 Å². The van der Waals surface area contributed by atoms with Gasteiger partial charge in [0.1, 0.15) is 0 Å². The van der Waals surface area contributed by atoms with Crippen molar-refractivity contribution < 1.29 is 4.74 Å². The number of hydrogen-bond acceptors (Lipinski definition) is 1. The van der Waals surface area contributed by atoms with Crippen LogP contribution in [-0.4, -0.2) is 6.61 Å². The summed E-state index contributed by atoms with van der Waals surface area (Å²) >= 11 is 0. The molecule has 0 spiro atoms. The Labute approximate surface area is 98.8 Å². The Morgan fingerprint density at radius 1 is 1.31 bits per heavy atom. The monoisotopic (exact) mass is 218 g/mol. The molecule has 0 amide bonds. The summed E-state index contributed by atoms with van der Waals surface area (Å²) in [6.45, 7) is 10.8. The predicted octanol–water partition coefficient (Wildman–Crippen LogP) is 3.91. The molecule has 0 bridgehead atoms. The highest BCUT2D eigenvalue weighted by atomic mass is 16.5. The van der Waals surface area contributed by atoms with E-state index in [2.05, 4.69) is 45.9 Å². The fourth-order valence-electron chi connectivity index (χ4n) is 2.39. The fourth-order valence-corrected chi connectivity index (χ4v) is 2.39. The molecule has 1 aromatic rings. The lowest BCUT2D eigenvalue weighted by molar-refractivity contribution is 0.0950. The van der Waals surface area contributed by atoms with Gasteiger partial charge in [0.2, 0.25) is 0 Å². The molecule has 0 saturated heterocycles. The van der Waals surface area contributed by atoms with Gasteiger partial charge in [-0.05, 0) is 28.5 Å². The topological polar surface area (TPSA) is 9.23 Å². The molecule has 1 unspecified atom stereocenters. The van der Waals surface area contributed by atoms with Crippen LogP contribution in [0, 0.1) is 5.41 Å². The Bertz CT molecular complexity index is 374. The van der Waals surface area contributed by atoms with Crippen molar-refractivity contribution in [2.24, 2.45) is 5.41 Å². The molecule has 0 fully saturated rings. The number of fused-ring (bicyclic) bond motifs is 1. The Hall–Kier alpha value is -0.820. The Kier molecular flexibility index (Phi) is 3.07. The summed E-state index contributed by atoms with van der Waals surface area (Å²) in [7, 11) is 0. The average Bonchev–Trinajstić information content (AvgIpc) is 2.17. The highest BCUT2D eigenvalue weighted by molar-refractivity contribution is 5.35. The SMILES string of the molecule is CC1COCc2ccc(CC(C)(C)C)cc21. The van der Waals surface area contributed by atoms with Gasteiger partial charge in [-0.2, -0.15) is 0 Å². The molecule has 88 valence electrons. The largest absolute Gasteiger partial charge is 0.376 e. The van der Waals surface area contributed by atoms with Crippen molar-refractivity contribution in [3.63, 3.8) is 0 Å². The molecule has 1 aromatic carbocycles. The van der Waals surface area contributed by atoms with E-state index in [9.17, 15) is 0 Å². The quantitative estimate of drug-likeness (QED) is 0.694. The summed E-state index contributed by atoms with van der Waals surface area (Å²) in [5.41, 5.74) is 4.69. The number of hydrogen-bond donors (Lipinski definition) is 0. The minimum atomic E-state index is 0.364. The summed E-state index contributed by atoms with van der Waals surface area (Å²) in [5.74, 6) is 0.545. The van der Waals surface area contributed by atoms with Gasteiger partial charge < -0.3 is 4.74 Å². The molecule has 1 aliphatic rings. The van der Waals surface area contributed by atoms with Gasteiger partial charge >= 0.3 is 0 Å². The number of ether oxygens (including phenoxy) is 1. The maximum atomic E-state index is 5.55. The highest BCUT2D eigenvalue weighted by Crippen LogP contribution is 2.29. The van der Waals surface area contributed by atoms with Crippen LogP contribution in [-0.2, 0) is 17.8 Å². The molecular formula is C15H22O. The normalized spacial score (nSPS) is 20.6. The van der Waals surface area contributed by atoms with E-state index in [1.807, 2.05) is 0 Å². The fraction of sp³-hybridized carbons (Fsp3) is 0.600. The van der Waals surface area contributed by atoms with Crippen LogP contribution in [0.1, 0.15) is 50.3 Å². The molecule has 0 aliphatic carbocycles. The summed E-state index contributed by atoms with van der Waals surface area (Å²) < 4.78 is 5.55. The van der Waals surface area contributed by atoms with Crippen molar-refractivity contribution in [3.05, 3.63) is 34.9 Å². The minimum Gasteiger partial charge on any atom is -0.376 e. The van der Waals surface area contributed by atoms with Gasteiger partial charge in [-0.1, -0.05) is 45.9 Å². The second-order valence-electron chi connectivity index (χ2n) is 6.19. The third-order valence-electron chi connectivity index (χ3n) is 3.10. The van der Waals surface area contributed by atoms with Gasteiger partial charge in [0.25, 0.3) is 0 Å². The van der Waals surface area contributed by atoms with Crippen molar-refractivity contribution in [1.29, 1.82) is 0 Å². The standard InChI is InChI=1S/C15H22O/c1-11-9-16-10-13-6-5-12(7-14(11)13)8-15(2,3)4/h5-7,11H,8-10H2,1-4H3. The molecule has 1 heterocycles. The summed E-state index contributed by atoms with van der Waals surface area (Å²) in [6.07, 6.45) is 1.15. The first-order chi connectivity index (χ1) is 7.46. The number of rotatable bonds is 1. The minimum absolute atomic E-state index is 0.364. The molecule has 16 heavy (non-hydrogen) atoms. The van der Waals surface area contributed by atoms with Crippen molar-refractivity contribution in [2.45, 2.75) is 46.6 Å². The molecule has 1 heteroatoms. The van der Waals surface area contributed by atoms with E-state index < -0.39 is 0 Å². The van der Waals surface area contributed by atoms with Gasteiger partial charge in [-0.3, -0.25) is 0 Å². The predicted molar refractivity (Wildman–Crippen MR) is 67.7 cm³/mol. The average molecular weight is 218 g/mol. The lowest BCUT2D eigenvalue weighted by Gasteiger charge is -2.25. The van der Waals surface area contributed by atoms with Crippen molar-refractivity contribution >= 4 is 0 Å². The van der Waals surface area contributed by atoms with E-state index in [1.165, 1.54) is 16.7 Å². The van der Waals surface area contributed by atoms with E-state index >= 15 is 0 Å². The first kappa shape index (κ1) is 11.7. The molecule has 1 nitrogen and oxygen atoms in total. The van der Waals surface area contributed by atoms with E-state index in [0.29, 0.717) is 11.3 Å². The molecule has 0 N–H and O–H groups in total. The summed E-state index contributed by atoms with van der Waals surface area (Å²) in [4.78, 5) is 0. The lowest BCUT2D eigenvalue weighted by Crippen LogP contribution is -2.16. The zero-order valence-electron chi connectivity index (χ0n) is 10.8. The number of benzene rings is 1. The molecule has 1 aliphatic heterocycles. The highest BCUT2D eigenvalue weighted by Gasteiger charge is 2.18. The Morgan fingerprint density at radius 3 is 2.75 bits per heavy atom. The first-order valence-corrected chi connectivity index (χ1v) is 6.15. The third-order valence-corrected chi connectivity index (χ3v) is 3.10. The van der Waals surface area contributed by atoms with Gasteiger partial charge in [0, 0.05) is 5.92 Å². The van der Waals surface area contributed by atoms with Gasteiger partial charge in [0.05, 0.1) is 13.2 Å². The summed E-state index contributed by atoms with van der Waals surface area (Å²) in [6, 6.07) is 6.88. The second kappa shape index (κ2) is 4.21. The third kappa shape index (κ3) is 2.65. The van der Waals surface area contributed by atoms with Crippen LogP contribution in [0.3, 0.4) is 0 Å². The van der Waals surface area contributed by atoms with E-state index in [4.69, 9.17) is 4.74 Å². The summed E-state index contributed by atoms with van der Waals surface area (Å²) in [5, 5.41) is 0. The van der Waals surface area contributed by atoms with Crippen LogP contribution in [0.2, 0.25) is 0 Å².